The Kier molecular flexibility index (Phi) is 12000. The second-order valence-electron chi connectivity index (χ2n) is 0. The minimum Gasteiger partial charge on any atom is -0.412 e. The van der Waals surface area contributed by atoms with Crippen molar-refractivity contribution >= 4 is 6.79 Å². The van der Waals surface area contributed by atoms with Gasteiger partial charge >= 0.3 is 0 Å². The molecular weight excluding hydrogens is 125 g/mol. The van der Waals surface area contributed by atoms with E-state index in [0.29, 0.717) is 0 Å². The molecule has 0 atom stereocenters. The third-order valence-electron chi connectivity index (χ3n) is 0. The summed E-state index contributed by atoms with van der Waals surface area (Å²) >= 11 is 0. The topological polar surface area (TPSA) is 80.1 Å². The molecule has 4 heteroatoms. The number of carbonyl (C=O) groups excluding carboxylic acids is 1. The van der Waals surface area contributed by atoms with Crippen molar-refractivity contribution in [2.45, 2.75) is 0 Å². The van der Waals surface area contributed by atoms with E-state index in [4.69, 9.17) is 4.79 Å². The molecule has 0 aromatic carbocycles. The van der Waals surface area contributed by atoms with Gasteiger partial charge in [-0.1, -0.05) is 0 Å². The van der Waals surface area contributed by atoms with E-state index in [0.717, 1.165) is 0 Å². The molecule has 0 rings (SSSR count). The Labute approximate surface area is 42.7 Å². The van der Waals surface area contributed by atoms with Crippen LogP contribution in [0.2, 0.25) is 0 Å². The smallest absolute Gasteiger partial charge is 0.106 e. The second kappa shape index (κ2) is 956. The molecule has 0 aromatic rings. The third kappa shape index (κ3) is 453. The molecule has 0 spiro atoms. The molecule has 0 aliphatic rings. The van der Waals surface area contributed by atoms with Crippen LogP contribution in [-0.4, -0.2) is 17.7 Å². The molecule has 0 bridgehead atoms. The van der Waals surface area contributed by atoms with Crippen molar-refractivity contribution in [3.8, 4) is 0 Å². The van der Waals surface area contributed by atoms with Gasteiger partial charge in [-0.15, -0.1) is 0 Å². The van der Waals surface area contributed by atoms with E-state index in [-0.39, 0.29) is 30.4 Å². The first-order valence-corrected chi connectivity index (χ1v) is 0.289. The van der Waals surface area contributed by atoms with Gasteiger partial charge in [0.15, 0.2) is 0 Å². The van der Waals surface area contributed by atoms with E-state index in [1.54, 1.807) is 0 Å². The first-order chi connectivity index (χ1) is 1.00. The Hall–Kier alpha value is 0.213. The zero-order valence-corrected chi connectivity index (χ0v) is 5.79. The van der Waals surface area contributed by atoms with Crippen LogP contribution in [0.5, 0.6) is 0 Å². The van der Waals surface area contributed by atoms with Crippen LogP contribution >= 0.6 is 0 Å². The van der Waals surface area contributed by atoms with Gasteiger partial charge in [0.2, 0.25) is 0 Å². The van der Waals surface area contributed by atoms with Crippen LogP contribution in [-0.2, 0) is 24.3 Å². The van der Waals surface area contributed by atoms with Gasteiger partial charge in [-0.25, -0.2) is 0 Å². The van der Waals surface area contributed by atoms with Crippen LogP contribution < -0.4 is 0 Å². The van der Waals surface area contributed by atoms with Crippen molar-refractivity contribution < 1.29 is 35.2 Å². The fraction of sp³-hybridized carbons (Fsp3) is 0. The molecular formula is CH6O3Zn. The summed E-state index contributed by atoms with van der Waals surface area (Å²) in [5.74, 6) is 0. The van der Waals surface area contributed by atoms with Crippen molar-refractivity contribution in [2.75, 3.05) is 0 Å². The summed E-state index contributed by atoms with van der Waals surface area (Å²) < 4.78 is 0. The summed E-state index contributed by atoms with van der Waals surface area (Å²) in [5.41, 5.74) is 0. The maximum atomic E-state index is 8.00. The van der Waals surface area contributed by atoms with Gasteiger partial charge in [0, 0.05) is 19.5 Å². The first-order valence-electron chi connectivity index (χ1n) is 0.289. The monoisotopic (exact) mass is 130 g/mol. The molecule has 30 valence electrons. The Bertz CT molecular complexity index is 6.85. The molecule has 5 heavy (non-hydrogen) atoms. The Morgan fingerprint density at radius 3 is 1.00 bits per heavy atom. The van der Waals surface area contributed by atoms with E-state index < -0.39 is 0 Å². The van der Waals surface area contributed by atoms with Crippen molar-refractivity contribution in [3.05, 3.63) is 0 Å². The van der Waals surface area contributed by atoms with E-state index in [2.05, 4.69) is 0 Å². The maximum Gasteiger partial charge on any atom is 0.106 e. The summed E-state index contributed by atoms with van der Waals surface area (Å²) in [6.45, 7) is 2.00. The molecule has 0 unspecified atom stereocenters. The molecule has 0 aliphatic heterocycles. The molecule has 0 aromatic heterocycles. The Morgan fingerprint density at radius 1 is 1.00 bits per heavy atom. The largest absolute Gasteiger partial charge is 0.412 e. The molecule has 0 heterocycles. The number of hydrogen-bond donors (Lipinski definition) is 0. The summed E-state index contributed by atoms with van der Waals surface area (Å²) in [6, 6.07) is 0. The second-order valence-corrected chi connectivity index (χ2v) is 0. The maximum absolute atomic E-state index is 8.00. The average molecular weight is 131 g/mol. The zero-order chi connectivity index (χ0) is 2.00. The predicted molar refractivity (Wildman–Crippen MR) is 14.3 cm³/mol. The van der Waals surface area contributed by atoms with Crippen molar-refractivity contribution in [2.24, 2.45) is 0 Å². The molecule has 3 nitrogen and oxygen atoms in total. The fourth-order valence-electron chi connectivity index (χ4n) is 0. The Balaban J connectivity index is -0.00000000167. The first kappa shape index (κ1) is 62.9. The number of rotatable bonds is 0. The van der Waals surface area contributed by atoms with Crippen LogP contribution in [0.3, 0.4) is 0 Å². The molecule has 0 amide bonds. The van der Waals surface area contributed by atoms with E-state index in [1.807, 2.05) is 6.79 Å². The molecule has 0 saturated carbocycles. The SMILES string of the molecule is C=O.O.O.[Zn]. The molecule has 0 radical (unpaired) electrons. The number of hydrogen-bond acceptors (Lipinski definition) is 1. The van der Waals surface area contributed by atoms with E-state index in [9.17, 15) is 0 Å². The molecule has 4 N–H and O–H groups in total. The van der Waals surface area contributed by atoms with Crippen LogP contribution in [0.15, 0.2) is 0 Å². The minimum atomic E-state index is 0. The Morgan fingerprint density at radius 2 is 1.00 bits per heavy atom. The predicted octanol–water partition coefficient (Wildman–Crippen LogP) is -1.84. The van der Waals surface area contributed by atoms with Crippen molar-refractivity contribution in [3.63, 3.8) is 0 Å². The van der Waals surface area contributed by atoms with Crippen LogP contribution in [0.25, 0.3) is 0 Å². The van der Waals surface area contributed by atoms with Gasteiger partial charge < -0.3 is 15.7 Å². The summed E-state index contributed by atoms with van der Waals surface area (Å²) in [7, 11) is 0. The molecule has 0 fully saturated rings. The minimum absolute atomic E-state index is 0. The van der Waals surface area contributed by atoms with Crippen molar-refractivity contribution in [1.82, 2.24) is 0 Å². The molecule has 0 saturated heterocycles. The quantitative estimate of drug-likeness (QED) is 0.356. The van der Waals surface area contributed by atoms with Gasteiger partial charge in [0.1, 0.15) is 6.79 Å². The molecule has 0 aliphatic carbocycles. The number of carbonyl (C=O) groups is 1. The van der Waals surface area contributed by atoms with Crippen LogP contribution in [0.4, 0.5) is 0 Å². The van der Waals surface area contributed by atoms with Gasteiger partial charge in [-0.05, 0) is 0 Å². The summed E-state index contributed by atoms with van der Waals surface area (Å²) in [6.07, 6.45) is 0. The summed E-state index contributed by atoms with van der Waals surface area (Å²) in [4.78, 5) is 8.00. The van der Waals surface area contributed by atoms with Gasteiger partial charge in [0.05, 0.1) is 0 Å². The summed E-state index contributed by atoms with van der Waals surface area (Å²) in [5, 5.41) is 0. The van der Waals surface area contributed by atoms with Crippen LogP contribution in [0.1, 0.15) is 0 Å². The average Bonchev–Trinajstić information content (AvgIpc) is 1.00. The van der Waals surface area contributed by atoms with Crippen molar-refractivity contribution in [1.29, 1.82) is 0 Å². The van der Waals surface area contributed by atoms with Crippen LogP contribution in [0, 0.1) is 0 Å². The van der Waals surface area contributed by atoms with Gasteiger partial charge in [-0.2, -0.15) is 0 Å². The van der Waals surface area contributed by atoms with E-state index in [1.165, 1.54) is 0 Å². The standard InChI is InChI=1S/CH2O.2H2O.Zn/c1-2;;;/h1H2;2*1H2;. The van der Waals surface area contributed by atoms with Gasteiger partial charge in [-0.3, -0.25) is 0 Å². The van der Waals surface area contributed by atoms with E-state index >= 15 is 0 Å². The normalized spacial score (nSPS) is 0.800. The van der Waals surface area contributed by atoms with Gasteiger partial charge in [0.25, 0.3) is 0 Å². The third-order valence-corrected chi connectivity index (χ3v) is 0. The zero-order valence-electron chi connectivity index (χ0n) is 2.82. The fourth-order valence-corrected chi connectivity index (χ4v) is 0.